The van der Waals surface area contributed by atoms with Gasteiger partial charge in [-0.05, 0) is 48.8 Å². The van der Waals surface area contributed by atoms with Gasteiger partial charge >= 0.3 is 0 Å². The predicted molar refractivity (Wildman–Crippen MR) is 91.1 cm³/mol. The summed E-state index contributed by atoms with van der Waals surface area (Å²) in [4.78, 5) is 14.7. The van der Waals surface area contributed by atoms with Gasteiger partial charge in [0.25, 0.3) is 5.91 Å². The lowest BCUT2D eigenvalue weighted by Gasteiger charge is -2.24. The lowest BCUT2D eigenvalue weighted by Crippen LogP contribution is -2.34. The summed E-state index contributed by atoms with van der Waals surface area (Å²) in [6.07, 6.45) is 3.46. The van der Waals surface area contributed by atoms with Gasteiger partial charge in [0.05, 0.1) is 17.5 Å². The maximum Gasteiger partial charge on any atom is 0.256 e. The van der Waals surface area contributed by atoms with Gasteiger partial charge in [-0.25, -0.2) is 8.42 Å². The van der Waals surface area contributed by atoms with E-state index < -0.39 is 10.0 Å². The molecule has 1 N–H and O–H groups in total. The molecule has 0 radical (unpaired) electrons. The van der Waals surface area contributed by atoms with Crippen molar-refractivity contribution in [2.45, 2.75) is 52.1 Å². The van der Waals surface area contributed by atoms with Crippen molar-refractivity contribution in [3.63, 3.8) is 0 Å². The summed E-state index contributed by atoms with van der Waals surface area (Å²) < 4.78 is 25.9. The molecule has 1 aliphatic heterocycles. The summed E-state index contributed by atoms with van der Waals surface area (Å²) in [5.74, 6) is 0.801. The number of sulfonamides is 1. The predicted octanol–water partition coefficient (Wildman–Crippen LogP) is 2.94. The van der Waals surface area contributed by atoms with Crippen molar-refractivity contribution < 1.29 is 13.2 Å². The van der Waals surface area contributed by atoms with E-state index in [1.54, 1.807) is 6.07 Å². The first-order valence-electron chi connectivity index (χ1n) is 8.13. The monoisotopic (exact) mass is 336 g/mol. The van der Waals surface area contributed by atoms with Gasteiger partial charge in [0, 0.05) is 12.6 Å². The summed E-state index contributed by atoms with van der Waals surface area (Å²) >= 11 is 0. The zero-order valence-electron chi connectivity index (χ0n) is 14.1. The van der Waals surface area contributed by atoms with Gasteiger partial charge < -0.3 is 4.90 Å². The second-order valence-electron chi connectivity index (χ2n) is 7.14. The van der Waals surface area contributed by atoms with Gasteiger partial charge in [0.1, 0.15) is 0 Å². The minimum atomic E-state index is -3.43. The van der Waals surface area contributed by atoms with Crippen LogP contribution in [0.3, 0.4) is 0 Å². The van der Waals surface area contributed by atoms with Crippen molar-refractivity contribution in [1.29, 1.82) is 0 Å². The summed E-state index contributed by atoms with van der Waals surface area (Å²) in [5, 5.41) is 0. The topological polar surface area (TPSA) is 66.5 Å². The normalized spacial score (nSPS) is 19.2. The standard InChI is InChI=1S/C17H24N2O3S/c1-10(2)13-7-14-9-19(11(3)12-5-6-12)17(20)16(14)15(8-13)18-23(4,21)22/h7-8,10-12,18H,5-6,9H2,1-4H3/t11-/m0/s1. The molecule has 1 amide bonds. The second kappa shape index (κ2) is 5.51. The van der Waals surface area contributed by atoms with Crippen LogP contribution in [0.5, 0.6) is 0 Å². The zero-order valence-corrected chi connectivity index (χ0v) is 14.9. The van der Waals surface area contributed by atoms with E-state index in [0.717, 1.165) is 17.4 Å². The Hall–Kier alpha value is -1.56. The fraction of sp³-hybridized carbons (Fsp3) is 0.588. The van der Waals surface area contributed by atoms with Crippen LogP contribution in [0.15, 0.2) is 12.1 Å². The number of carbonyl (C=O) groups excluding carboxylic acids is 1. The van der Waals surface area contributed by atoms with Crippen LogP contribution in [0.25, 0.3) is 0 Å². The van der Waals surface area contributed by atoms with Gasteiger partial charge in [-0.15, -0.1) is 0 Å². The number of anilines is 1. The lowest BCUT2D eigenvalue weighted by molar-refractivity contribution is 0.0698. The van der Waals surface area contributed by atoms with Gasteiger partial charge in [0.2, 0.25) is 10.0 Å². The number of hydrogen-bond donors (Lipinski definition) is 1. The smallest absolute Gasteiger partial charge is 0.256 e. The third-order valence-corrected chi connectivity index (χ3v) is 5.41. The number of rotatable bonds is 5. The molecule has 5 nitrogen and oxygen atoms in total. The van der Waals surface area contributed by atoms with E-state index in [4.69, 9.17) is 0 Å². The molecular weight excluding hydrogens is 312 g/mol. The number of amides is 1. The highest BCUT2D eigenvalue weighted by atomic mass is 32.2. The van der Waals surface area contributed by atoms with E-state index in [2.05, 4.69) is 25.5 Å². The molecule has 126 valence electrons. The van der Waals surface area contributed by atoms with Gasteiger partial charge in [-0.1, -0.05) is 19.9 Å². The zero-order chi connectivity index (χ0) is 16.9. The minimum absolute atomic E-state index is 0.0548. The van der Waals surface area contributed by atoms with Crippen LogP contribution in [0.4, 0.5) is 5.69 Å². The number of nitrogens with one attached hydrogen (secondary N) is 1. The molecule has 6 heteroatoms. The third-order valence-electron chi connectivity index (χ3n) is 4.82. The average molecular weight is 336 g/mol. The molecular formula is C17H24N2O3S. The van der Waals surface area contributed by atoms with E-state index in [9.17, 15) is 13.2 Å². The van der Waals surface area contributed by atoms with Crippen LogP contribution in [0.2, 0.25) is 0 Å². The molecule has 1 atom stereocenters. The summed E-state index contributed by atoms with van der Waals surface area (Å²) in [6, 6.07) is 4.06. The molecule has 23 heavy (non-hydrogen) atoms. The first-order valence-corrected chi connectivity index (χ1v) is 10.0. The molecule has 0 unspecified atom stereocenters. The molecule has 1 heterocycles. The second-order valence-corrected chi connectivity index (χ2v) is 8.89. The number of hydrogen-bond acceptors (Lipinski definition) is 3. The van der Waals surface area contributed by atoms with Crippen molar-refractivity contribution in [2.75, 3.05) is 11.0 Å². The number of carbonyl (C=O) groups is 1. The Morgan fingerprint density at radius 2 is 1.87 bits per heavy atom. The summed E-state index contributed by atoms with van der Waals surface area (Å²) in [6.45, 7) is 6.79. The molecule has 1 fully saturated rings. The van der Waals surface area contributed by atoms with Crippen molar-refractivity contribution in [2.24, 2.45) is 5.92 Å². The molecule has 1 aliphatic carbocycles. The van der Waals surface area contributed by atoms with Gasteiger partial charge in [0.15, 0.2) is 0 Å². The number of fused-ring (bicyclic) bond motifs is 1. The molecule has 3 rings (SSSR count). The molecule has 1 aromatic carbocycles. The lowest BCUT2D eigenvalue weighted by atomic mass is 9.97. The summed E-state index contributed by atoms with van der Waals surface area (Å²) in [7, 11) is -3.43. The quantitative estimate of drug-likeness (QED) is 0.899. The Kier molecular flexibility index (Phi) is 3.91. The van der Waals surface area contributed by atoms with Crippen LogP contribution in [0.1, 0.15) is 61.0 Å². The van der Waals surface area contributed by atoms with Crippen molar-refractivity contribution in [3.05, 3.63) is 28.8 Å². The SMILES string of the molecule is CC(C)c1cc2c(c(NS(C)(=O)=O)c1)C(=O)N([C@@H](C)C1CC1)C2. The van der Waals surface area contributed by atoms with Gasteiger partial charge in [-0.3, -0.25) is 9.52 Å². The fourth-order valence-electron chi connectivity index (χ4n) is 3.28. The van der Waals surface area contributed by atoms with Crippen molar-refractivity contribution in [3.8, 4) is 0 Å². The number of benzene rings is 1. The van der Waals surface area contributed by atoms with E-state index in [-0.39, 0.29) is 17.9 Å². The first kappa shape index (κ1) is 16.3. The van der Waals surface area contributed by atoms with Crippen LogP contribution in [-0.4, -0.2) is 31.5 Å². The van der Waals surface area contributed by atoms with Crippen molar-refractivity contribution in [1.82, 2.24) is 4.90 Å². The third kappa shape index (κ3) is 3.22. The minimum Gasteiger partial charge on any atom is -0.331 e. The molecule has 1 aromatic rings. The molecule has 0 spiro atoms. The van der Waals surface area contributed by atoms with E-state index >= 15 is 0 Å². The van der Waals surface area contributed by atoms with Crippen LogP contribution < -0.4 is 4.72 Å². The van der Waals surface area contributed by atoms with Crippen LogP contribution in [0, 0.1) is 5.92 Å². The number of nitrogens with zero attached hydrogens (tertiary/aromatic N) is 1. The Morgan fingerprint density at radius 1 is 1.22 bits per heavy atom. The maximum absolute atomic E-state index is 12.8. The maximum atomic E-state index is 12.8. The molecule has 0 saturated heterocycles. The molecule has 1 saturated carbocycles. The van der Waals surface area contributed by atoms with E-state index in [0.29, 0.717) is 23.7 Å². The highest BCUT2D eigenvalue weighted by Gasteiger charge is 2.40. The first-order chi connectivity index (χ1) is 10.7. The molecule has 0 bridgehead atoms. The Labute approximate surface area is 138 Å². The Balaban J connectivity index is 2.04. The fourth-order valence-corrected chi connectivity index (χ4v) is 3.84. The Bertz CT molecular complexity index is 751. The van der Waals surface area contributed by atoms with E-state index in [1.165, 1.54) is 12.8 Å². The van der Waals surface area contributed by atoms with Crippen LogP contribution in [-0.2, 0) is 16.6 Å². The van der Waals surface area contributed by atoms with Crippen molar-refractivity contribution >= 4 is 21.6 Å². The highest BCUT2D eigenvalue weighted by molar-refractivity contribution is 7.92. The molecule has 0 aromatic heterocycles. The molecule has 2 aliphatic rings. The van der Waals surface area contributed by atoms with Gasteiger partial charge in [-0.2, -0.15) is 0 Å². The summed E-state index contributed by atoms with van der Waals surface area (Å²) in [5.41, 5.74) is 2.92. The highest BCUT2D eigenvalue weighted by Crippen LogP contribution is 2.40. The van der Waals surface area contributed by atoms with Crippen LogP contribution >= 0.6 is 0 Å². The Morgan fingerprint density at radius 3 is 2.39 bits per heavy atom. The largest absolute Gasteiger partial charge is 0.331 e. The van der Waals surface area contributed by atoms with E-state index in [1.807, 2.05) is 11.0 Å². The average Bonchev–Trinajstić information content (AvgIpc) is 3.21.